The molecular formula is C11H14FNO2. The maximum absolute atomic E-state index is 12.8. The lowest BCUT2D eigenvalue weighted by Crippen LogP contribution is -2.36. The van der Waals surface area contributed by atoms with Crippen molar-refractivity contribution in [3.05, 3.63) is 30.1 Å². The summed E-state index contributed by atoms with van der Waals surface area (Å²) < 4.78 is 18.0. The summed E-state index contributed by atoms with van der Waals surface area (Å²) in [7, 11) is 0. The van der Waals surface area contributed by atoms with Gasteiger partial charge in [0.05, 0.1) is 5.41 Å². The SMILES string of the molecule is CC(C)(COc1cccc(F)c1)C(N)=O. The first-order valence-electron chi connectivity index (χ1n) is 4.60. The highest BCUT2D eigenvalue weighted by Gasteiger charge is 2.25. The normalized spacial score (nSPS) is 11.1. The summed E-state index contributed by atoms with van der Waals surface area (Å²) in [5.74, 6) is -0.424. The third kappa shape index (κ3) is 3.23. The van der Waals surface area contributed by atoms with E-state index in [2.05, 4.69) is 0 Å². The summed E-state index contributed by atoms with van der Waals surface area (Å²) in [6.45, 7) is 3.48. The van der Waals surface area contributed by atoms with Crippen molar-refractivity contribution in [1.82, 2.24) is 0 Å². The molecule has 0 fully saturated rings. The molecule has 2 N–H and O–H groups in total. The van der Waals surface area contributed by atoms with Crippen LogP contribution in [0.2, 0.25) is 0 Å². The van der Waals surface area contributed by atoms with E-state index >= 15 is 0 Å². The van der Waals surface area contributed by atoms with Crippen molar-refractivity contribution < 1.29 is 13.9 Å². The Balaban J connectivity index is 2.61. The summed E-state index contributed by atoms with van der Waals surface area (Å²) in [4.78, 5) is 11.0. The number of hydrogen-bond acceptors (Lipinski definition) is 2. The number of amides is 1. The van der Waals surface area contributed by atoms with E-state index < -0.39 is 11.3 Å². The zero-order valence-electron chi connectivity index (χ0n) is 8.79. The van der Waals surface area contributed by atoms with Gasteiger partial charge in [0.25, 0.3) is 0 Å². The number of nitrogens with two attached hydrogens (primary N) is 1. The van der Waals surface area contributed by atoms with E-state index in [0.29, 0.717) is 5.75 Å². The van der Waals surface area contributed by atoms with Gasteiger partial charge in [-0.1, -0.05) is 6.07 Å². The smallest absolute Gasteiger partial charge is 0.226 e. The summed E-state index contributed by atoms with van der Waals surface area (Å²) in [6, 6.07) is 5.76. The third-order valence-corrected chi connectivity index (χ3v) is 2.06. The van der Waals surface area contributed by atoms with Gasteiger partial charge in [-0.25, -0.2) is 4.39 Å². The number of primary amides is 1. The molecule has 0 aliphatic carbocycles. The molecule has 0 spiro atoms. The Morgan fingerprint density at radius 1 is 1.53 bits per heavy atom. The molecule has 1 amide bonds. The Hall–Kier alpha value is -1.58. The van der Waals surface area contributed by atoms with Gasteiger partial charge in [-0.2, -0.15) is 0 Å². The second-order valence-corrected chi connectivity index (χ2v) is 3.99. The van der Waals surface area contributed by atoms with Gasteiger partial charge in [0.1, 0.15) is 18.2 Å². The molecule has 0 aromatic heterocycles. The highest BCUT2D eigenvalue weighted by molar-refractivity contribution is 5.80. The number of ether oxygens (including phenoxy) is 1. The highest BCUT2D eigenvalue weighted by atomic mass is 19.1. The van der Waals surface area contributed by atoms with E-state index in [1.54, 1.807) is 26.0 Å². The van der Waals surface area contributed by atoms with Crippen LogP contribution in [0.15, 0.2) is 24.3 Å². The first-order chi connectivity index (χ1) is 6.92. The molecule has 4 heteroatoms. The molecular weight excluding hydrogens is 197 g/mol. The molecule has 0 aliphatic heterocycles. The van der Waals surface area contributed by atoms with E-state index in [9.17, 15) is 9.18 Å². The minimum atomic E-state index is -0.758. The Morgan fingerprint density at radius 3 is 2.73 bits per heavy atom. The van der Waals surface area contributed by atoms with Crippen LogP contribution in [0, 0.1) is 11.2 Å². The fourth-order valence-electron chi connectivity index (χ4n) is 0.892. The summed E-state index contributed by atoms with van der Waals surface area (Å²) in [5, 5.41) is 0. The van der Waals surface area contributed by atoms with Crippen LogP contribution in [0.5, 0.6) is 5.75 Å². The Labute approximate surface area is 88.0 Å². The second kappa shape index (κ2) is 4.29. The zero-order chi connectivity index (χ0) is 11.5. The van der Waals surface area contributed by atoms with E-state index in [1.165, 1.54) is 12.1 Å². The van der Waals surface area contributed by atoms with Crippen LogP contribution in [-0.4, -0.2) is 12.5 Å². The maximum Gasteiger partial charge on any atom is 0.226 e. The quantitative estimate of drug-likeness (QED) is 0.824. The maximum atomic E-state index is 12.8. The van der Waals surface area contributed by atoms with Crippen LogP contribution >= 0.6 is 0 Å². The molecule has 0 bridgehead atoms. The van der Waals surface area contributed by atoms with Gasteiger partial charge >= 0.3 is 0 Å². The van der Waals surface area contributed by atoms with Crippen molar-refractivity contribution in [2.45, 2.75) is 13.8 Å². The number of carbonyl (C=O) groups is 1. The predicted molar refractivity (Wildman–Crippen MR) is 54.9 cm³/mol. The summed E-state index contributed by atoms with van der Waals surface area (Å²) >= 11 is 0. The molecule has 0 saturated heterocycles. The molecule has 1 aromatic carbocycles. The number of benzene rings is 1. The van der Waals surface area contributed by atoms with E-state index in [0.717, 1.165) is 0 Å². The fourth-order valence-corrected chi connectivity index (χ4v) is 0.892. The van der Waals surface area contributed by atoms with Gasteiger partial charge in [-0.15, -0.1) is 0 Å². The van der Waals surface area contributed by atoms with Crippen LogP contribution in [0.3, 0.4) is 0 Å². The summed E-state index contributed by atoms with van der Waals surface area (Å²) in [5.41, 5.74) is 4.41. The van der Waals surface area contributed by atoms with E-state index in [4.69, 9.17) is 10.5 Å². The fraction of sp³-hybridized carbons (Fsp3) is 0.364. The average Bonchev–Trinajstić information content (AvgIpc) is 2.15. The van der Waals surface area contributed by atoms with Gasteiger partial charge in [0, 0.05) is 6.07 Å². The van der Waals surface area contributed by atoms with Crippen molar-refractivity contribution in [1.29, 1.82) is 0 Å². The molecule has 0 heterocycles. The monoisotopic (exact) mass is 211 g/mol. The third-order valence-electron chi connectivity index (χ3n) is 2.06. The molecule has 0 unspecified atom stereocenters. The Morgan fingerprint density at radius 2 is 2.20 bits per heavy atom. The first-order valence-corrected chi connectivity index (χ1v) is 4.60. The van der Waals surface area contributed by atoms with Crippen molar-refractivity contribution in [2.24, 2.45) is 11.1 Å². The molecule has 0 radical (unpaired) electrons. The number of halogens is 1. The number of hydrogen-bond donors (Lipinski definition) is 1. The topological polar surface area (TPSA) is 52.3 Å². The number of carbonyl (C=O) groups excluding carboxylic acids is 1. The van der Waals surface area contributed by atoms with Gasteiger partial charge in [-0.3, -0.25) is 4.79 Å². The Kier molecular flexibility index (Phi) is 3.29. The van der Waals surface area contributed by atoms with Crippen molar-refractivity contribution >= 4 is 5.91 Å². The van der Waals surface area contributed by atoms with Crippen molar-refractivity contribution in [3.63, 3.8) is 0 Å². The highest BCUT2D eigenvalue weighted by Crippen LogP contribution is 2.18. The predicted octanol–water partition coefficient (Wildman–Crippen LogP) is 1.72. The largest absolute Gasteiger partial charge is 0.492 e. The lowest BCUT2D eigenvalue weighted by molar-refractivity contribution is -0.127. The lowest BCUT2D eigenvalue weighted by atomic mass is 9.94. The standard InChI is InChI=1S/C11H14FNO2/c1-11(2,10(13)14)7-15-9-5-3-4-8(12)6-9/h3-6H,7H2,1-2H3,(H2,13,14). The summed E-state index contributed by atoms with van der Waals surface area (Å²) in [6.07, 6.45) is 0. The average molecular weight is 211 g/mol. The van der Waals surface area contributed by atoms with Crippen LogP contribution in [0.4, 0.5) is 4.39 Å². The van der Waals surface area contributed by atoms with Gasteiger partial charge in [0.2, 0.25) is 5.91 Å². The molecule has 0 aliphatic rings. The lowest BCUT2D eigenvalue weighted by Gasteiger charge is -2.20. The molecule has 3 nitrogen and oxygen atoms in total. The first kappa shape index (κ1) is 11.5. The van der Waals surface area contributed by atoms with Crippen molar-refractivity contribution in [3.8, 4) is 5.75 Å². The molecule has 1 rings (SSSR count). The van der Waals surface area contributed by atoms with Crippen LogP contribution in [0.25, 0.3) is 0 Å². The van der Waals surface area contributed by atoms with Gasteiger partial charge in [-0.05, 0) is 26.0 Å². The van der Waals surface area contributed by atoms with E-state index in [-0.39, 0.29) is 12.4 Å². The van der Waals surface area contributed by atoms with Crippen LogP contribution < -0.4 is 10.5 Å². The molecule has 15 heavy (non-hydrogen) atoms. The van der Waals surface area contributed by atoms with Gasteiger partial charge < -0.3 is 10.5 Å². The molecule has 1 aromatic rings. The molecule has 82 valence electrons. The minimum Gasteiger partial charge on any atom is -0.492 e. The van der Waals surface area contributed by atoms with Crippen LogP contribution in [-0.2, 0) is 4.79 Å². The van der Waals surface area contributed by atoms with E-state index in [1.807, 2.05) is 0 Å². The second-order valence-electron chi connectivity index (χ2n) is 3.99. The van der Waals surface area contributed by atoms with Crippen LogP contribution in [0.1, 0.15) is 13.8 Å². The molecule has 0 saturated carbocycles. The number of rotatable bonds is 4. The minimum absolute atomic E-state index is 0.131. The zero-order valence-corrected chi connectivity index (χ0v) is 8.79. The van der Waals surface area contributed by atoms with Crippen molar-refractivity contribution in [2.75, 3.05) is 6.61 Å². The Bertz CT molecular complexity index is 363. The van der Waals surface area contributed by atoms with Gasteiger partial charge in [0.15, 0.2) is 0 Å². The molecule has 0 atom stereocenters.